The van der Waals surface area contributed by atoms with Crippen LogP contribution in [0.1, 0.15) is 50.7 Å². The summed E-state index contributed by atoms with van der Waals surface area (Å²) in [6.45, 7) is 7.79. The Hall–Kier alpha value is -3.27. The highest BCUT2D eigenvalue weighted by molar-refractivity contribution is 7.92. The molecule has 0 saturated carbocycles. The number of benzene rings is 3. The lowest BCUT2D eigenvalue weighted by atomic mass is 10.0. The number of nitrogens with zero attached hydrogens (tertiary/aromatic N) is 2. The maximum atomic E-state index is 13.3. The normalized spacial score (nSPS) is 14.1. The molecule has 1 saturated heterocycles. The van der Waals surface area contributed by atoms with Crippen molar-refractivity contribution in [3.8, 4) is 11.5 Å². The van der Waals surface area contributed by atoms with Gasteiger partial charge in [0, 0.05) is 43.6 Å². The summed E-state index contributed by atoms with van der Waals surface area (Å²) in [6, 6.07) is 23.2. The molecule has 1 aliphatic heterocycles. The first-order valence-corrected chi connectivity index (χ1v) is 16.3. The molecule has 42 heavy (non-hydrogen) atoms. The molecule has 1 heterocycles. The molecule has 3 aromatic rings. The molecular formula is C32H43ClN4O4S. The fourth-order valence-electron chi connectivity index (χ4n) is 5.09. The number of halogens is 1. The van der Waals surface area contributed by atoms with Gasteiger partial charge in [0.05, 0.1) is 6.26 Å². The quantitative estimate of drug-likeness (QED) is 0.226. The van der Waals surface area contributed by atoms with Crippen LogP contribution in [0, 0.1) is 0 Å². The largest absolute Gasteiger partial charge is 0.457 e. The number of piperidine rings is 1. The Bertz CT molecular complexity index is 1380. The van der Waals surface area contributed by atoms with Gasteiger partial charge < -0.3 is 15.0 Å². The molecule has 228 valence electrons. The number of hydrogen-bond acceptors (Lipinski definition) is 5. The molecule has 10 heteroatoms. The number of rotatable bonds is 12. The van der Waals surface area contributed by atoms with Crippen molar-refractivity contribution in [3.05, 3.63) is 83.9 Å². The van der Waals surface area contributed by atoms with Crippen LogP contribution in [0.5, 0.6) is 11.5 Å². The van der Waals surface area contributed by atoms with Crippen LogP contribution in [0.25, 0.3) is 0 Å². The van der Waals surface area contributed by atoms with Gasteiger partial charge in [-0.25, -0.2) is 13.2 Å². The number of hydrogen-bond donors (Lipinski definition) is 2. The highest BCUT2D eigenvalue weighted by Gasteiger charge is 2.28. The van der Waals surface area contributed by atoms with Crippen molar-refractivity contribution in [1.29, 1.82) is 0 Å². The lowest BCUT2D eigenvalue weighted by Gasteiger charge is -2.38. The Morgan fingerprint density at radius 2 is 1.57 bits per heavy atom. The van der Waals surface area contributed by atoms with E-state index in [1.54, 1.807) is 24.3 Å². The molecule has 0 radical (unpaired) electrons. The van der Waals surface area contributed by atoms with Crippen LogP contribution < -0.4 is 14.8 Å². The van der Waals surface area contributed by atoms with E-state index in [4.69, 9.17) is 4.74 Å². The number of aryl methyl sites for hydroxylation is 1. The Balaban J connectivity index is 0.00000484. The van der Waals surface area contributed by atoms with Crippen LogP contribution in [0.15, 0.2) is 72.8 Å². The van der Waals surface area contributed by atoms with Crippen molar-refractivity contribution in [2.24, 2.45) is 0 Å². The van der Waals surface area contributed by atoms with Crippen LogP contribution in [0.2, 0.25) is 0 Å². The molecule has 0 aromatic heterocycles. The predicted molar refractivity (Wildman–Crippen MR) is 173 cm³/mol. The second kappa shape index (κ2) is 15.8. The van der Waals surface area contributed by atoms with Crippen molar-refractivity contribution in [1.82, 2.24) is 9.80 Å². The molecule has 0 unspecified atom stereocenters. The standard InChI is InChI=1S/C32H42N4O4S.ClH/c1-4-6-20-36(32(37)33-28-9-7-8-25(5-2)23-28)29-18-21-35(22-19-29)24-26-10-14-30(15-11-26)40-31-16-12-27(13-17-31)34-41(3,38)39;/h7-17,23,29,34H,4-6,18-22,24H2,1-3H3,(H,33,37);1H. The number of carbonyl (C=O) groups excluding carboxylic acids is 1. The van der Waals surface area contributed by atoms with E-state index < -0.39 is 10.0 Å². The minimum absolute atomic E-state index is 0. The molecule has 2 N–H and O–H groups in total. The third kappa shape index (κ3) is 10.2. The Morgan fingerprint density at radius 3 is 2.17 bits per heavy atom. The molecule has 1 fully saturated rings. The summed E-state index contributed by atoms with van der Waals surface area (Å²) in [4.78, 5) is 17.8. The molecular weight excluding hydrogens is 572 g/mol. The zero-order valence-corrected chi connectivity index (χ0v) is 26.3. The van der Waals surface area contributed by atoms with Gasteiger partial charge >= 0.3 is 6.03 Å². The van der Waals surface area contributed by atoms with E-state index in [9.17, 15) is 13.2 Å². The minimum atomic E-state index is -3.31. The van der Waals surface area contributed by atoms with E-state index in [0.29, 0.717) is 11.4 Å². The van der Waals surface area contributed by atoms with Crippen LogP contribution in [-0.4, -0.2) is 56.2 Å². The van der Waals surface area contributed by atoms with Gasteiger partial charge in [-0.05, 0) is 85.3 Å². The predicted octanol–water partition coefficient (Wildman–Crippen LogP) is 7.13. The van der Waals surface area contributed by atoms with Crippen LogP contribution >= 0.6 is 12.4 Å². The summed E-state index contributed by atoms with van der Waals surface area (Å²) in [5.41, 5.74) is 3.78. The van der Waals surface area contributed by atoms with E-state index >= 15 is 0 Å². The highest BCUT2D eigenvalue weighted by atomic mass is 35.5. The molecule has 0 spiro atoms. The molecule has 0 aliphatic carbocycles. The average molecular weight is 615 g/mol. The maximum absolute atomic E-state index is 13.3. The Morgan fingerprint density at radius 1 is 0.929 bits per heavy atom. The van der Waals surface area contributed by atoms with E-state index in [2.05, 4.69) is 58.0 Å². The van der Waals surface area contributed by atoms with Crippen LogP contribution in [-0.2, 0) is 23.0 Å². The summed E-state index contributed by atoms with van der Waals surface area (Å²) in [7, 11) is -3.31. The molecule has 1 aliphatic rings. The minimum Gasteiger partial charge on any atom is -0.457 e. The number of carbonyl (C=O) groups is 1. The van der Waals surface area contributed by atoms with Crippen molar-refractivity contribution in [2.75, 3.05) is 35.9 Å². The van der Waals surface area contributed by atoms with Gasteiger partial charge in [0.25, 0.3) is 0 Å². The number of sulfonamides is 1. The average Bonchev–Trinajstić information content (AvgIpc) is 2.95. The van der Waals surface area contributed by atoms with E-state index in [1.807, 2.05) is 24.3 Å². The van der Waals surface area contributed by atoms with Crippen molar-refractivity contribution >= 4 is 39.8 Å². The zero-order chi connectivity index (χ0) is 29.2. The number of nitrogens with one attached hydrogen (secondary N) is 2. The number of urea groups is 1. The van der Waals surface area contributed by atoms with Gasteiger partial charge in [-0.2, -0.15) is 0 Å². The summed E-state index contributed by atoms with van der Waals surface area (Å²) >= 11 is 0. The SMILES string of the molecule is CCCCN(C(=O)Nc1cccc(CC)c1)C1CCN(Cc2ccc(Oc3ccc(NS(C)(=O)=O)cc3)cc2)CC1.Cl. The Kier molecular flexibility index (Phi) is 12.5. The van der Waals surface area contributed by atoms with E-state index in [0.717, 1.165) is 76.0 Å². The topological polar surface area (TPSA) is 91.0 Å². The van der Waals surface area contributed by atoms with Crippen molar-refractivity contribution in [3.63, 3.8) is 0 Å². The van der Waals surface area contributed by atoms with Crippen molar-refractivity contribution < 1.29 is 17.9 Å². The second-order valence-electron chi connectivity index (χ2n) is 10.7. The first-order valence-electron chi connectivity index (χ1n) is 14.5. The first kappa shape index (κ1) is 33.2. The van der Waals surface area contributed by atoms with Gasteiger partial charge in [0.15, 0.2) is 0 Å². The second-order valence-corrected chi connectivity index (χ2v) is 12.4. The van der Waals surface area contributed by atoms with Crippen molar-refractivity contribution in [2.45, 2.75) is 58.5 Å². The lowest BCUT2D eigenvalue weighted by Crippen LogP contribution is -2.49. The van der Waals surface area contributed by atoms with E-state index in [1.165, 1.54) is 11.1 Å². The number of unbranched alkanes of at least 4 members (excludes halogenated alkanes) is 1. The number of ether oxygens (including phenoxy) is 1. The van der Waals surface area contributed by atoms with Gasteiger partial charge in [-0.1, -0.05) is 44.5 Å². The van der Waals surface area contributed by atoms with Gasteiger partial charge in [-0.15, -0.1) is 12.4 Å². The highest BCUT2D eigenvalue weighted by Crippen LogP contribution is 2.25. The van der Waals surface area contributed by atoms with Gasteiger partial charge in [-0.3, -0.25) is 9.62 Å². The van der Waals surface area contributed by atoms with Gasteiger partial charge in [0.2, 0.25) is 10.0 Å². The third-order valence-electron chi connectivity index (χ3n) is 7.32. The molecule has 8 nitrogen and oxygen atoms in total. The molecule has 0 bridgehead atoms. The number of anilines is 2. The summed E-state index contributed by atoms with van der Waals surface area (Å²) in [5.74, 6) is 1.35. The smallest absolute Gasteiger partial charge is 0.322 e. The zero-order valence-electron chi connectivity index (χ0n) is 24.7. The number of likely N-dealkylation sites (tertiary alicyclic amines) is 1. The maximum Gasteiger partial charge on any atom is 0.322 e. The molecule has 0 atom stereocenters. The molecule has 2 amide bonds. The van der Waals surface area contributed by atoms with Crippen LogP contribution in [0.4, 0.5) is 16.2 Å². The van der Waals surface area contributed by atoms with Gasteiger partial charge in [0.1, 0.15) is 11.5 Å². The summed E-state index contributed by atoms with van der Waals surface area (Å²) < 4.78 is 31.1. The summed E-state index contributed by atoms with van der Waals surface area (Å²) in [6.07, 6.45) is 6.03. The monoisotopic (exact) mass is 614 g/mol. The van der Waals surface area contributed by atoms with E-state index in [-0.39, 0.29) is 24.5 Å². The number of amides is 2. The summed E-state index contributed by atoms with van der Waals surface area (Å²) in [5, 5.41) is 3.14. The Labute approximate surface area is 256 Å². The molecule has 3 aromatic carbocycles. The fraction of sp³-hybridized carbons (Fsp3) is 0.406. The first-order chi connectivity index (χ1) is 19.7. The lowest BCUT2D eigenvalue weighted by molar-refractivity contribution is 0.122. The molecule has 4 rings (SSSR count). The third-order valence-corrected chi connectivity index (χ3v) is 7.93. The van der Waals surface area contributed by atoms with Crippen LogP contribution in [0.3, 0.4) is 0 Å². The fourth-order valence-corrected chi connectivity index (χ4v) is 5.66.